The third-order valence-electron chi connectivity index (χ3n) is 3.71. The molecule has 0 aliphatic carbocycles. The molecule has 0 saturated heterocycles. The summed E-state index contributed by atoms with van der Waals surface area (Å²) in [5.74, 6) is 0.431. The van der Waals surface area contributed by atoms with Gasteiger partial charge in [0.05, 0.1) is 16.2 Å². The molecule has 134 valence electrons. The predicted octanol–water partition coefficient (Wildman–Crippen LogP) is 4.05. The highest BCUT2D eigenvalue weighted by Crippen LogP contribution is 2.28. The quantitative estimate of drug-likeness (QED) is 0.579. The second kappa shape index (κ2) is 8.46. The molecule has 3 aromatic rings. The molecule has 2 aromatic carbocycles. The molecule has 0 saturated carbocycles. The first-order chi connectivity index (χ1) is 12.5. The second-order valence-electron chi connectivity index (χ2n) is 5.58. The summed E-state index contributed by atoms with van der Waals surface area (Å²) >= 11 is 6.79. The lowest BCUT2D eigenvalue weighted by Gasteiger charge is -2.15. The number of amides is 1. The number of hydrogen-bond acceptors (Lipinski definition) is 4. The summed E-state index contributed by atoms with van der Waals surface area (Å²) < 4.78 is 8.96. The largest absolute Gasteiger partial charge is 0.483 e. The fourth-order valence-corrected chi connectivity index (χ4v) is 3.52. The Morgan fingerprint density at radius 3 is 2.65 bits per heavy atom. The van der Waals surface area contributed by atoms with Crippen molar-refractivity contribution in [2.45, 2.75) is 13.0 Å². The van der Waals surface area contributed by atoms with Crippen LogP contribution in [0.2, 0.25) is 0 Å². The molecule has 26 heavy (non-hydrogen) atoms. The van der Waals surface area contributed by atoms with Crippen LogP contribution in [0, 0.1) is 0 Å². The molecule has 0 aliphatic heterocycles. The van der Waals surface area contributed by atoms with E-state index in [1.807, 2.05) is 43.3 Å². The molecular weight excluding hydrogens is 464 g/mol. The minimum Gasteiger partial charge on any atom is -0.483 e. The number of carbonyl (C=O) groups excluding carboxylic acids is 1. The Morgan fingerprint density at radius 2 is 2.00 bits per heavy atom. The number of nitrogens with one attached hydrogen (secondary N) is 1. The summed E-state index contributed by atoms with van der Waals surface area (Å²) in [6, 6.07) is 13.2. The zero-order chi connectivity index (χ0) is 18.5. The maximum Gasteiger partial charge on any atom is 0.258 e. The molecule has 1 N–H and O–H groups in total. The lowest BCUT2D eigenvalue weighted by Crippen LogP contribution is -2.31. The topological polar surface area (TPSA) is 69.0 Å². The monoisotopic (exact) mass is 478 g/mol. The van der Waals surface area contributed by atoms with Crippen LogP contribution in [0.3, 0.4) is 0 Å². The molecule has 0 unspecified atom stereocenters. The van der Waals surface area contributed by atoms with E-state index in [0.717, 1.165) is 20.2 Å². The van der Waals surface area contributed by atoms with E-state index < -0.39 is 0 Å². The fourth-order valence-electron chi connectivity index (χ4n) is 2.36. The number of carbonyl (C=O) groups is 1. The highest BCUT2D eigenvalue weighted by Gasteiger charge is 2.11. The molecule has 1 atom stereocenters. The zero-order valence-corrected chi connectivity index (χ0v) is 17.1. The number of hydrogen-bond donors (Lipinski definition) is 1. The van der Waals surface area contributed by atoms with E-state index >= 15 is 0 Å². The van der Waals surface area contributed by atoms with E-state index in [1.165, 1.54) is 6.33 Å². The van der Waals surface area contributed by atoms with Crippen LogP contribution in [0.5, 0.6) is 5.75 Å². The minimum atomic E-state index is -0.187. The molecule has 1 heterocycles. The Labute approximate surface area is 167 Å². The van der Waals surface area contributed by atoms with E-state index in [2.05, 4.69) is 47.3 Å². The summed E-state index contributed by atoms with van der Waals surface area (Å²) in [5, 5.41) is 7.02. The van der Waals surface area contributed by atoms with E-state index in [4.69, 9.17) is 4.74 Å². The molecule has 3 rings (SSSR count). The number of benzene rings is 2. The Morgan fingerprint density at radius 1 is 1.23 bits per heavy atom. The van der Waals surface area contributed by atoms with Crippen LogP contribution in [0.15, 0.2) is 64.1 Å². The van der Waals surface area contributed by atoms with Gasteiger partial charge in [-0.3, -0.25) is 4.79 Å². The lowest BCUT2D eigenvalue weighted by atomic mass is 10.1. The second-order valence-corrected chi connectivity index (χ2v) is 7.35. The lowest BCUT2D eigenvalue weighted by molar-refractivity contribution is -0.123. The van der Waals surface area contributed by atoms with E-state index in [9.17, 15) is 4.79 Å². The predicted molar refractivity (Wildman–Crippen MR) is 105 cm³/mol. The van der Waals surface area contributed by atoms with Crippen LogP contribution in [0.4, 0.5) is 0 Å². The Hall–Kier alpha value is -2.19. The minimum absolute atomic E-state index is 0.0540. The van der Waals surface area contributed by atoms with Crippen LogP contribution in [0.1, 0.15) is 18.5 Å². The van der Waals surface area contributed by atoms with Crippen LogP contribution in [-0.4, -0.2) is 27.3 Å². The first-order valence-electron chi connectivity index (χ1n) is 7.85. The molecule has 0 radical (unpaired) electrons. The van der Waals surface area contributed by atoms with Gasteiger partial charge in [0.2, 0.25) is 0 Å². The van der Waals surface area contributed by atoms with Crippen molar-refractivity contribution in [2.75, 3.05) is 6.61 Å². The van der Waals surface area contributed by atoms with Crippen molar-refractivity contribution in [3.8, 4) is 11.4 Å². The van der Waals surface area contributed by atoms with Crippen molar-refractivity contribution in [3.05, 3.63) is 69.6 Å². The summed E-state index contributed by atoms with van der Waals surface area (Å²) in [7, 11) is 0. The molecular formula is C18H16Br2N4O2. The summed E-state index contributed by atoms with van der Waals surface area (Å²) in [5.41, 5.74) is 1.90. The van der Waals surface area contributed by atoms with Gasteiger partial charge in [-0.05, 0) is 58.7 Å². The zero-order valence-electron chi connectivity index (χ0n) is 13.9. The number of halogens is 2. The Balaban J connectivity index is 1.55. The number of rotatable bonds is 6. The van der Waals surface area contributed by atoms with Crippen molar-refractivity contribution in [3.63, 3.8) is 0 Å². The summed E-state index contributed by atoms with van der Waals surface area (Å²) in [4.78, 5) is 16.1. The molecule has 1 aromatic heterocycles. The SMILES string of the molecule is C[C@H](NC(=O)COc1ccc(Br)cc1Br)c1ccc(-n2cncn2)cc1. The normalized spacial score (nSPS) is 11.8. The molecule has 0 fully saturated rings. The molecule has 0 bridgehead atoms. The summed E-state index contributed by atoms with van der Waals surface area (Å²) in [6.45, 7) is 1.87. The van der Waals surface area contributed by atoms with Crippen LogP contribution in [0.25, 0.3) is 5.69 Å². The van der Waals surface area contributed by atoms with E-state index in [0.29, 0.717) is 5.75 Å². The van der Waals surface area contributed by atoms with Crippen molar-refractivity contribution in [1.29, 1.82) is 0 Å². The van der Waals surface area contributed by atoms with Gasteiger partial charge in [-0.25, -0.2) is 9.67 Å². The third kappa shape index (κ3) is 4.70. The number of nitrogens with zero attached hydrogens (tertiary/aromatic N) is 3. The van der Waals surface area contributed by atoms with Crippen LogP contribution < -0.4 is 10.1 Å². The average molecular weight is 480 g/mol. The third-order valence-corrected chi connectivity index (χ3v) is 4.82. The van der Waals surface area contributed by atoms with E-state index in [-0.39, 0.29) is 18.6 Å². The van der Waals surface area contributed by atoms with Gasteiger partial charge in [0.1, 0.15) is 18.4 Å². The highest BCUT2D eigenvalue weighted by molar-refractivity contribution is 9.11. The van der Waals surface area contributed by atoms with Gasteiger partial charge in [0.15, 0.2) is 6.61 Å². The summed E-state index contributed by atoms with van der Waals surface area (Å²) in [6.07, 6.45) is 3.12. The molecule has 0 spiro atoms. The Kier molecular flexibility index (Phi) is 6.05. The average Bonchev–Trinajstić information content (AvgIpc) is 3.16. The van der Waals surface area contributed by atoms with Gasteiger partial charge in [-0.2, -0.15) is 5.10 Å². The van der Waals surface area contributed by atoms with Gasteiger partial charge in [0, 0.05) is 4.47 Å². The number of ether oxygens (including phenoxy) is 1. The van der Waals surface area contributed by atoms with Crippen molar-refractivity contribution >= 4 is 37.8 Å². The number of aromatic nitrogens is 3. The van der Waals surface area contributed by atoms with Gasteiger partial charge in [-0.15, -0.1) is 0 Å². The maximum atomic E-state index is 12.1. The van der Waals surface area contributed by atoms with Crippen molar-refractivity contribution in [2.24, 2.45) is 0 Å². The molecule has 0 aliphatic rings. The first-order valence-corrected chi connectivity index (χ1v) is 9.43. The van der Waals surface area contributed by atoms with Crippen molar-refractivity contribution < 1.29 is 9.53 Å². The molecule has 6 nitrogen and oxygen atoms in total. The van der Waals surface area contributed by atoms with Crippen LogP contribution >= 0.6 is 31.9 Å². The highest BCUT2D eigenvalue weighted by atomic mass is 79.9. The fraction of sp³-hybridized carbons (Fsp3) is 0.167. The van der Waals surface area contributed by atoms with Gasteiger partial charge in [0.25, 0.3) is 5.91 Å². The van der Waals surface area contributed by atoms with Gasteiger partial charge < -0.3 is 10.1 Å². The van der Waals surface area contributed by atoms with Gasteiger partial charge in [-0.1, -0.05) is 28.1 Å². The molecule has 1 amide bonds. The first kappa shape index (κ1) is 18.6. The molecule has 8 heteroatoms. The van der Waals surface area contributed by atoms with Crippen LogP contribution in [-0.2, 0) is 4.79 Å². The standard InChI is InChI=1S/C18H16Br2N4O2/c1-12(13-2-5-15(6-3-13)24-11-21-10-22-24)23-18(25)9-26-17-7-4-14(19)8-16(17)20/h2-8,10-12H,9H2,1H3,(H,23,25)/t12-/m0/s1. The maximum absolute atomic E-state index is 12.1. The smallest absolute Gasteiger partial charge is 0.258 e. The Bertz CT molecular complexity index is 883. The van der Waals surface area contributed by atoms with E-state index in [1.54, 1.807) is 17.1 Å². The van der Waals surface area contributed by atoms with Crippen molar-refractivity contribution in [1.82, 2.24) is 20.1 Å². The van der Waals surface area contributed by atoms with Gasteiger partial charge >= 0.3 is 0 Å².